The summed E-state index contributed by atoms with van der Waals surface area (Å²) in [6.07, 6.45) is 2.51. The normalized spacial score (nSPS) is 25.9. The lowest BCUT2D eigenvalue weighted by molar-refractivity contribution is 0.117. The van der Waals surface area contributed by atoms with Crippen LogP contribution in [0, 0.1) is 0 Å². The van der Waals surface area contributed by atoms with Crippen LogP contribution in [0.4, 0.5) is 4.79 Å². The molecule has 1 aliphatic carbocycles. The summed E-state index contributed by atoms with van der Waals surface area (Å²) < 4.78 is 37.6. The van der Waals surface area contributed by atoms with Crippen LogP contribution in [0.5, 0.6) is 0 Å². The van der Waals surface area contributed by atoms with Gasteiger partial charge in [0.2, 0.25) is 0 Å². The number of carbonyl (C=O) groups is 1. The summed E-state index contributed by atoms with van der Waals surface area (Å²) in [6.45, 7) is 0.123. The van der Waals surface area contributed by atoms with E-state index in [9.17, 15) is 13.2 Å². The van der Waals surface area contributed by atoms with Crippen LogP contribution in [-0.2, 0) is 23.8 Å². The van der Waals surface area contributed by atoms with E-state index in [1.54, 1.807) is 0 Å². The predicted octanol–water partition coefficient (Wildman–Crippen LogP) is 1.20. The van der Waals surface area contributed by atoms with Gasteiger partial charge < -0.3 is 9.47 Å². The minimum Gasteiger partial charge on any atom is -0.430 e. The average molecular weight is 264 g/mol. The molecule has 0 spiro atoms. The van der Waals surface area contributed by atoms with Crippen molar-refractivity contribution in [2.24, 2.45) is 0 Å². The van der Waals surface area contributed by atoms with Crippen molar-refractivity contribution in [2.75, 3.05) is 12.4 Å². The standard InChI is InChI=1S/C10H16O6S/c11-10-14-7-9(15-10)5-6-17(12,13)16-8-3-1-2-4-8/h8-9H,1-7H2. The first kappa shape index (κ1) is 12.6. The number of hydrogen-bond donors (Lipinski definition) is 0. The largest absolute Gasteiger partial charge is 0.508 e. The highest BCUT2D eigenvalue weighted by atomic mass is 32.2. The second kappa shape index (κ2) is 5.22. The molecular weight excluding hydrogens is 248 g/mol. The molecule has 98 valence electrons. The van der Waals surface area contributed by atoms with Gasteiger partial charge in [0.1, 0.15) is 12.7 Å². The van der Waals surface area contributed by atoms with Crippen LogP contribution in [0.2, 0.25) is 0 Å². The van der Waals surface area contributed by atoms with E-state index in [-0.39, 0.29) is 24.9 Å². The maximum atomic E-state index is 11.6. The van der Waals surface area contributed by atoms with E-state index in [2.05, 4.69) is 4.74 Å². The first-order chi connectivity index (χ1) is 8.05. The quantitative estimate of drug-likeness (QED) is 0.548. The summed E-state index contributed by atoms with van der Waals surface area (Å²) in [7, 11) is -3.52. The third-order valence-corrected chi connectivity index (χ3v) is 4.23. The van der Waals surface area contributed by atoms with Crippen LogP contribution in [0.15, 0.2) is 0 Å². The highest BCUT2D eigenvalue weighted by Crippen LogP contribution is 2.23. The Hall–Kier alpha value is -0.820. The zero-order chi connectivity index (χ0) is 12.3. The molecule has 0 N–H and O–H groups in total. The zero-order valence-corrected chi connectivity index (χ0v) is 10.3. The summed E-state index contributed by atoms with van der Waals surface area (Å²) in [5, 5.41) is 0. The van der Waals surface area contributed by atoms with Crippen molar-refractivity contribution < 1.29 is 26.9 Å². The SMILES string of the molecule is O=C1OCC(CCS(=O)(=O)OC2CCCC2)O1. The van der Waals surface area contributed by atoms with Gasteiger partial charge in [-0.15, -0.1) is 0 Å². The van der Waals surface area contributed by atoms with Gasteiger partial charge in [-0.1, -0.05) is 12.8 Å². The first-order valence-electron chi connectivity index (χ1n) is 5.79. The van der Waals surface area contributed by atoms with Gasteiger partial charge in [-0.05, 0) is 12.8 Å². The summed E-state index contributed by atoms with van der Waals surface area (Å²) in [5.74, 6) is -0.134. The molecule has 0 aromatic rings. The van der Waals surface area contributed by atoms with E-state index >= 15 is 0 Å². The zero-order valence-electron chi connectivity index (χ0n) is 9.46. The summed E-state index contributed by atoms with van der Waals surface area (Å²) in [5.41, 5.74) is 0. The molecule has 0 radical (unpaired) electrons. The molecule has 2 rings (SSSR count). The molecule has 1 unspecified atom stereocenters. The molecule has 1 saturated carbocycles. The maximum Gasteiger partial charge on any atom is 0.508 e. The Morgan fingerprint density at radius 1 is 1.29 bits per heavy atom. The molecule has 1 saturated heterocycles. The van der Waals surface area contributed by atoms with Gasteiger partial charge in [-0.2, -0.15) is 8.42 Å². The predicted molar refractivity (Wildman–Crippen MR) is 58.0 cm³/mol. The van der Waals surface area contributed by atoms with Crippen LogP contribution in [0.3, 0.4) is 0 Å². The molecule has 17 heavy (non-hydrogen) atoms. The fourth-order valence-electron chi connectivity index (χ4n) is 2.02. The molecule has 6 nitrogen and oxygen atoms in total. The number of cyclic esters (lactones) is 2. The van der Waals surface area contributed by atoms with E-state index in [0.29, 0.717) is 0 Å². The van der Waals surface area contributed by atoms with Crippen molar-refractivity contribution in [3.8, 4) is 0 Å². The topological polar surface area (TPSA) is 78.9 Å². The minimum absolute atomic E-state index is 0.123. The van der Waals surface area contributed by atoms with Gasteiger partial charge in [0, 0.05) is 6.42 Å². The van der Waals surface area contributed by atoms with E-state index in [4.69, 9.17) is 8.92 Å². The number of hydrogen-bond acceptors (Lipinski definition) is 6. The van der Waals surface area contributed by atoms with Gasteiger partial charge in [0.25, 0.3) is 10.1 Å². The smallest absolute Gasteiger partial charge is 0.430 e. The van der Waals surface area contributed by atoms with Crippen LogP contribution in [-0.4, -0.2) is 39.1 Å². The number of rotatable bonds is 5. The fraction of sp³-hybridized carbons (Fsp3) is 0.900. The van der Waals surface area contributed by atoms with E-state index in [1.807, 2.05) is 0 Å². The van der Waals surface area contributed by atoms with Crippen molar-refractivity contribution in [1.82, 2.24) is 0 Å². The van der Waals surface area contributed by atoms with E-state index in [1.165, 1.54) is 0 Å². The molecule has 0 aromatic carbocycles. The lowest BCUT2D eigenvalue weighted by atomic mass is 10.3. The van der Waals surface area contributed by atoms with E-state index in [0.717, 1.165) is 25.7 Å². The fourth-order valence-corrected chi connectivity index (χ4v) is 3.28. The van der Waals surface area contributed by atoms with Gasteiger partial charge >= 0.3 is 6.16 Å². The summed E-state index contributed by atoms with van der Waals surface area (Å²) >= 11 is 0. The Bertz CT molecular complexity index is 370. The maximum absolute atomic E-state index is 11.6. The minimum atomic E-state index is -3.52. The summed E-state index contributed by atoms with van der Waals surface area (Å²) in [4.78, 5) is 10.6. The monoisotopic (exact) mass is 264 g/mol. The molecule has 2 aliphatic rings. The van der Waals surface area contributed by atoms with Crippen LogP contribution in [0.25, 0.3) is 0 Å². The highest BCUT2D eigenvalue weighted by molar-refractivity contribution is 7.86. The molecule has 7 heteroatoms. The lowest BCUT2D eigenvalue weighted by Crippen LogP contribution is -2.22. The molecule has 1 aliphatic heterocycles. The molecule has 1 atom stereocenters. The van der Waals surface area contributed by atoms with Gasteiger partial charge in [0.05, 0.1) is 11.9 Å². The van der Waals surface area contributed by atoms with Crippen molar-refractivity contribution >= 4 is 16.3 Å². The van der Waals surface area contributed by atoms with Crippen molar-refractivity contribution in [3.05, 3.63) is 0 Å². The Morgan fingerprint density at radius 2 is 2.00 bits per heavy atom. The lowest BCUT2D eigenvalue weighted by Gasteiger charge is -2.12. The Balaban J connectivity index is 1.74. The number of carbonyl (C=O) groups excluding carboxylic acids is 1. The van der Waals surface area contributed by atoms with Crippen LogP contribution >= 0.6 is 0 Å². The van der Waals surface area contributed by atoms with Gasteiger partial charge in [0.15, 0.2) is 0 Å². The second-order valence-electron chi connectivity index (χ2n) is 4.35. The third-order valence-electron chi connectivity index (χ3n) is 2.92. The first-order valence-corrected chi connectivity index (χ1v) is 7.37. The second-order valence-corrected chi connectivity index (χ2v) is 6.07. The average Bonchev–Trinajstić information content (AvgIpc) is 2.86. The molecule has 0 aromatic heterocycles. The Kier molecular flexibility index (Phi) is 3.88. The molecular formula is C10H16O6S. The van der Waals surface area contributed by atoms with Crippen molar-refractivity contribution in [3.63, 3.8) is 0 Å². The molecule has 2 fully saturated rings. The van der Waals surface area contributed by atoms with Crippen LogP contribution < -0.4 is 0 Å². The highest BCUT2D eigenvalue weighted by Gasteiger charge is 2.28. The van der Waals surface area contributed by atoms with Crippen molar-refractivity contribution in [1.29, 1.82) is 0 Å². The van der Waals surface area contributed by atoms with Gasteiger partial charge in [-0.3, -0.25) is 4.18 Å². The molecule has 0 bridgehead atoms. The Labute approximate surface area is 100 Å². The third kappa shape index (κ3) is 3.85. The molecule has 0 amide bonds. The van der Waals surface area contributed by atoms with Crippen LogP contribution in [0.1, 0.15) is 32.1 Å². The van der Waals surface area contributed by atoms with Gasteiger partial charge in [-0.25, -0.2) is 4.79 Å². The van der Waals surface area contributed by atoms with Crippen molar-refractivity contribution in [2.45, 2.75) is 44.3 Å². The molecule has 1 heterocycles. The summed E-state index contributed by atoms with van der Waals surface area (Å²) in [6, 6.07) is 0. The number of ether oxygens (including phenoxy) is 2. The Morgan fingerprint density at radius 3 is 2.59 bits per heavy atom. The van der Waals surface area contributed by atoms with E-state index < -0.39 is 22.4 Å².